The van der Waals surface area contributed by atoms with Crippen LogP contribution in [-0.4, -0.2) is 73.4 Å². The number of nitrogens with zero attached hydrogens (tertiary/aromatic N) is 2. The third-order valence-electron chi connectivity index (χ3n) is 4.34. The lowest BCUT2D eigenvalue weighted by molar-refractivity contribution is 0.0471. The smallest absolute Gasteiger partial charge is 0.119 e. The number of benzene rings is 1. The number of β-amino-alcohol motifs (C(OH)–C–C–N with tert-alkyl or cyclic N) is 1. The topological polar surface area (TPSA) is 48.0 Å². The SMILES string of the molecule is C=CCNCc1cccc(OC[C@@H](O)CN2CCN(CC)CC2)c1. The molecule has 0 aromatic heterocycles. The van der Waals surface area contributed by atoms with Gasteiger partial charge in [0.1, 0.15) is 18.5 Å². The van der Waals surface area contributed by atoms with E-state index in [1.165, 1.54) is 5.56 Å². The molecule has 0 spiro atoms. The molecule has 1 saturated heterocycles. The van der Waals surface area contributed by atoms with Crippen LogP contribution in [0.5, 0.6) is 5.75 Å². The molecule has 1 aromatic rings. The second-order valence-electron chi connectivity index (χ2n) is 6.27. The fourth-order valence-electron chi connectivity index (χ4n) is 2.90. The van der Waals surface area contributed by atoms with Crippen molar-refractivity contribution in [2.75, 3.05) is 52.4 Å². The van der Waals surface area contributed by atoms with E-state index >= 15 is 0 Å². The van der Waals surface area contributed by atoms with Crippen molar-refractivity contribution >= 4 is 0 Å². The van der Waals surface area contributed by atoms with Crippen LogP contribution in [0.4, 0.5) is 0 Å². The van der Waals surface area contributed by atoms with E-state index in [-0.39, 0.29) is 0 Å². The van der Waals surface area contributed by atoms with Gasteiger partial charge in [-0.2, -0.15) is 0 Å². The number of piperazine rings is 1. The number of ether oxygens (including phenoxy) is 1. The molecule has 24 heavy (non-hydrogen) atoms. The number of aliphatic hydroxyl groups is 1. The van der Waals surface area contributed by atoms with Crippen molar-refractivity contribution in [1.29, 1.82) is 0 Å². The predicted octanol–water partition coefficient (Wildman–Crippen LogP) is 1.34. The summed E-state index contributed by atoms with van der Waals surface area (Å²) in [5, 5.41) is 13.5. The van der Waals surface area contributed by atoms with E-state index in [0.717, 1.165) is 51.6 Å². The van der Waals surface area contributed by atoms with Crippen LogP contribution < -0.4 is 10.1 Å². The summed E-state index contributed by atoms with van der Waals surface area (Å²) < 4.78 is 5.76. The standard InChI is InChI=1S/C19H31N3O2/c1-3-8-20-14-17-6-5-7-19(13-17)24-16-18(23)15-22-11-9-21(4-2)10-12-22/h3,5-7,13,18,20,23H,1,4,8-12,14-16H2,2H3/t18-/m0/s1. The molecule has 0 bridgehead atoms. The number of aliphatic hydroxyl groups excluding tert-OH is 1. The van der Waals surface area contributed by atoms with Crippen molar-refractivity contribution in [3.63, 3.8) is 0 Å². The van der Waals surface area contributed by atoms with Crippen LogP contribution in [-0.2, 0) is 6.54 Å². The van der Waals surface area contributed by atoms with Crippen LogP contribution in [0.15, 0.2) is 36.9 Å². The molecule has 1 heterocycles. The van der Waals surface area contributed by atoms with Crippen molar-refractivity contribution in [3.05, 3.63) is 42.5 Å². The third kappa shape index (κ3) is 6.61. The van der Waals surface area contributed by atoms with Crippen molar-refractivity contribution in [2.45, 2.75) is 19.6 Å². The summed E-state index contributed by atoms with van der Waals surface area (Å²) in [5.74, 6) is 0.808. The average Bonchev–Trinajstić information content (AvgIpc) is 2.61. The van der Waals surface area contributed by atoms with Crippen molar-refractivity contribution in [2.24, 2.45) is 0 Å². The van der Waals surface area contributed by atoms with Gasteiger partial charge in [-0.3, -0.25) is 4.90 Å². The summed E-state index contributed by atoms with van der Waals surface area (Å²) in [7, 11) is 0. The summed E-state index contributed by atoms with van der Waals surface area (Å²) >= 11 is 0. The Hall–Kier alpha value is -1.40. The van der Waals surface area contributed by atoms with Crippen LogP contribution in [0.25, 0.3) is 0 Å². The van der Waals surface area contributed by atoms with Gasteiger partial charge in [-0.05, 0) is 24.2 Å². The van der Waals surface area contributed by atoms with E-state index in [0.29, 0.717) is 13.2 Å². The quantitative estimate of drug-likeness (QED) is 0.500. The highest BCUT2D eigenvalue weighted by molar-refractivity contribution is 5.28. The highest BCUT2D eigenvalue weighted by Crippen LogP contribution is 2.14. The van der Waals surface area contributed by atoms with Crippen molar-refractivity contribution in [1.82, 2.24) is 15.1 Å². The zero-order valence-electron chi connectivity index (χ0n) is 14.8. The lowest BCUT2D eigenvalue weighted by Crippen LogP contribution is -2.49. The van der Waals surface area contributed by atoms with E-state index in [1.807, 2.05) is 24.3 Å². The maximum atomic E-state index is 10.2. The van der Waals surface area contributed by atoms with Gasteiger partial charge in [0.05, 0.1) is 0 Å². The van der Waals surface area contributed by atoms with Gasteiger partial charge in [0.25, 0.3) is 0 Å². The Balaban J connectivity index is 1.70. The normalized spacial score (nSPS) is 17.6. The minimum Gasteiger partial charge on any atom is -0.491 e. The minimum absolute atomic E-state index is 0.331. The van der Waals surface area contributed by atoms with E-state index < -0.39 is 6.10 Å². The molecule has 2 N–H and O–H groups in total. The van der Waals surface area contributed by atoms with Gasteiger partial charge in [-0.1, -0.05) is 25.1 Å². The summed E-state index contributed by atoms with van der Waals surface area (Å²) in [4.78, 5) is 4.75. The van der Waals surface area contributed by atoms with Crippen LogP contribution in [0, 0.1) is 0 Å². The summed E-state index contributed by atoms with van der Waals surface area (Å²) in [6.07, 6.45) is 1.39. The van der Waals surface area contributed by atoms with Crippen LogP contribution >= 0.6 is 0 Å². The van der Waals surface area contributed by atoms with Crippen molar-refractivity contribution < 1.29 is 9.84 Å². The van der Waals surface area contributed by atoms with Crippen LogP contribution in [0.3, 0.4) is 0 Å². The number of nitrogens with one attached hydrogen (secondary N) is 1. The molecule has 1 aromatic carbocycles. The molecule has 0 unspecified atom stereocenters. The van der Waals surface area contributed by atoms with E-state index in [9.17, 15) is 5.11 Å². The molecular weight excluding hydrogens is 302 g/mol. The molecule has 1 atom stereocenters. The molecule has 1 aliphatic rings. The van der Waals surface area contributed by atoms with E-state index in [4.69, 9.17) is 4.74 Å². The molecule has 0 aliphatic carbocycles. The summed E-state index contributed by atoms with van der Waals surface area (Å²) in [6, 6.07) is 8.00. The predicted molar refractivity (Wildman–Crippen MR) is 98.4 cm³/mol. The van der Waals surface area contributed by atoms with Gasteiger partial charge in [0, 0.05) is 45.8 Å². The number of rotatable bonds is 10. The fraction of sp³-hybridized carbons (Fsp3) is 0.579. The van der Waals surface area contributed by atoms with Gasteiger partial charge in [-0.15, -0.1) is 6.58 Å². The van der Waals surface area contributed by atoms with Gasteiger partial charge in [0.15, 0.2) is 0 Å². The average molecular weight is 333 g/mol. The molecule has 0 saturated carbocycles. The highest BCUT2D eigenvalue weighted by atomic mass is 16.5. The van der Waals surface area contributed by atoms with Crippen LogP contribution in [0.1, 0.15) is 12.5 Å². The molecule has 2 rings (SSSR count). The Bertz CT molecular complexity index is 487. The Morgan fingerprint density at radius 2 is 2.04 bits per heavy atom. The molecule has 0 radical (unpaired) electrons. The molecule has 134 valence electrons. The number of hydrogen-bond acceptors (Lipinski definition) is 5. The molecule has 0 amide bonds. The Labute approximate surface area is 145 Å². The maximum absolute atomic E-state index is 10.2. The first-order valence-corrected chi connectivity index (χ1v) is 8.87. The van der Waals surface area contributed by atoms with Crippen molar-refractivity contribution in [3.8, 4) is 5.75 Å². The van der Waals surface area contributed by atoms with E-state index in [2.05, 4.69) is 34.7 Å². The Morgan fingerprint density at radius 1 is 1.29 bits per heavy atom. The lowest BCUT2D eigenvalue weighted by Gasteiger charge is -2.34. The first-order valence-electron chi connectivity index (χ1n) is 8.87. The zero-order valence-corrected chi connectivity index (χ0v) is 14.8. The number of likely N-dealkylation sites (N-methyl/N-ethyl adjacent to an activating group) is 1. The van der Waals surface area contributed by atoms with Gasteiger partial charge < -0.3 is 20.1 Å². The molecular formula is C19H31N3O2. The van der Waals surface area contributed by atoms with Gasteiger partial charge in [0.2, 0.25) is 0 Å². The second-order valence-corrected chi connectivity index (χ2v) is 6.27. The minimum atomic E-state index is -0.458. The Morgan fingerprint density at radius 3 is 2.75 bits per heavy atom. The van der Waals surface area contributed by atoms with E-state index in [1.54, 1.807) is 0 Å². The van der Waals surface area contributed by atoms with Gasteiger partial charge in [-0.25, -0.2) is 0 Å². The number of hydrogen-bond donors (Lipinski definition) is 2. The summed E-state index contributed by atoms with van der Waals surface area (Å²) in [6.45, 7) is 13.8. The third-order valence-corrected chi connectivity index (χ3v) is 4.34. The lowest BCUT2D eigenvalue weighted by atomic mass is 10.2. The largest absolute Gasteiger partial charge is 0.491 e. The molecule has 1 fully saturated rings. The molecule has 5 heteroatoms. The second kappa shape index (κ2) is 10.5. The van der Waals surface area contributed by atoms with Gasteiger partial charge >= 0.3 is 0 Å². The Kier molecular flexibility index (Phi) is 8.25. The fourth-order valence-corrected chi connectivity index (χ4v) is 2.90. The first kappa shape index (κ1) is 18.9. The highest BCUT2D eigenvalue weighted by Gasteiger charge is 2.18. The zero-order chi connectivity index (χ0) is 17.2. The first-order chi connectivity index (χ1) is 11.7. The monoisotopic (exact) mass is 333 g/mol. The maximum Gasteiger partial charge on any atom is 0.119 e. The molecule has 5 nitrogen and oxygen atoms in total. The summed E-state index contributed by atoms with van der Waals surface area (Å²) in [5.41, 5.74) is 1.17. The van der Waals surface area contributed by atoms with Crippen LogP contribution in [0.2, 0.25) is 0 Å². The molecule has 1 aliphatic heterocycles.